The number of hydrogen-bond acceptors (Lipinski definition) is 4. The van der Waals surface area contributed by atoms with Crippen LogP contribution in [0.4, 0.5) is 17.6 Å². The third-order valence-corrected chi connectivity index (χ3v) is 9.29. The molecule has 14 heteroatoms. The van der Waals surface area contributed by atoms with E-state index >= 15 is 0 Å². The van der Waals surface area contributed by atoms with E-state index in [4.69, 9.17) is 27.9 Å². The molecule has 0 atom stereocenters. The molecule has 1 saturated carbocycles. The number of fused-ring (bicyclic) bond motifs is 2. The van der Waals surface area contributed by atoms with Crippen molar-refractivity contribution in [1.29, 1.82) is 0 Å². The van der Waals surface area contributed by atoms with E-state index < -0.39 is 34.6 Å². The van der Waals surface area contributed by atoms with Crippen molar-refractivity contribution in [2.24, 2.45) is 0 Å². The molecule has 3 aliphatic rings. The van der Waals surface area contributed by atoms with Gasteiger partial charge in [-0.25, -0.2) is 26.9 Å². The molecule has 1 N–H and O–H groups in total. The first-order valence-electron chi connectivity index (χ1n) is 14.9. The number of benzene rings is 2. The quantitative estimate of drug-likeness (QED) is 0.235. The van der Waals surface area contributed by atoms with Gasteiger partial charge in [0, 0.05) is 49.4 Å². The molecule has 1 fully saturated rings. The van der Waals surface area contributed by atoms with Gasteiger partial charge in [0.15, 0.2) is 23.1 Å². The Balaban J connectivity index is 0.000000163. The first-order chi connectivity index (χ1) is 21.6. The molecule has 0 bridgehead atoms. The van der Waals surface area contributed by atoms with Gasteiger partial charge in [0.1, 0.15) is 21.9 Å². The maximum absolute atomic E-state index is 14.4. The smallest absolute Gasteiger partial charge is 0.276 e. The van der Waals surface area contributed by atoms with Gasteiger partial charge in [-0.15, -0.1) is 0 Å². The van der Waals surface area contributed by atoms with Gasteiger partial charge in [-0.2, -0.15) is 0 Å². The molecule has 0 saturated heterocycles. The van der Waals surface area contributed by atoms with Gasteiger partial charge in [0.25, 0.3) is 11.1 Å². The molecule has 0 unspecified atom stereocenters. The van der Waals surface area contributed by atoms with E-state index in [-0.39, 0.29) is 50.0 Å². The predicted molar refractivity (Wildman–Crippen MR) is 161 cm³/mol. The summed E-state index contributed by atoms with van der Waals surface area (Å²) in [6.07, 6.45) is 7.25. The summed E-state index contributed by atoms with van der Waals surface area (Å²) in [7, 11) is 0. The Morgan fingerprint density at radius 2 is 1.07 bits per heavy atom. The van der Waals surface area contributed by atoms with E-state index in [2.05, 4.69) is 0 Å². The SMILES string of the molecule is O=c1c(-c2cc(O)c(F)cc2F)c(Cl)n2n1CCCC2.O=c1c(-c2cc(OC3CCCC3)c(F)cc2F)c(Cl)n2n1CCCC2. The molecule has 240 valence electrons. The second-order valence-corrected chi connectivity index (χ2v) is 12.1. The van der Waals surface area contributed by atoms with Gasteiger partial charge in [-0.3, -0.25) is 19.0 Å². The summed E-state index contributed by atoms with van der Waals surface area (Å²) in [5.74, 6) is -4.31. The van der Waals surface area contributed by atoms with Crippen LogP contribution in [0.15, 0.2) is 33.9 Å². The first-order valence-corrected chi connectivity index (χ1v) is 15.6. The number of rotatable bonds is 4. The van der Waals surface area contributed by atoms with Crippen LogP contribution in [-0.2, 0) is 26.2 Å². The fraction of sp³-hybridized carbons (Fsp3) is 0.419. The average molecular weight is 670 g/mol. The zero-order valence-electron chi connectivity index (χ0n) is 24.1. The summed E-state index contributed by atoms with van der Waals surface area (Å²) >= 11 is 12.5. The van der Waals surface area contributed by atoms with Gasteiger partial charge >= 0.3 is 0 Å². The lowest BCUT2D eigenvalue weighted by Crippen LogP contribution is -2.27. The lowest BCUT2D eigenvalue weighted by Gasteiger charge is -2.17. The van der Waals surface area contributed by atoms with Crippen molar-refractivity contribution in [1.82, 2.24) is 18.7 Å². The second-order valence-electron chi connectivity index (χ2n) is 11.4. The monoisotopic (exact) mass is 668 g/mol. The van der Waals surface area contributed by atoms with Crippen molar-refractivity contribution in [3.05, 3.63) is 78.5 Å². The molecule has 0 radical (unpaired) electrons. The molecule has 2 aromatic heterocycles. The van der Waals surface area contributed by atoms with Gasteiger partial charge in [0.05, 0.1) is 17.2 Å². The minimum Gasteiger partial charge on any atom is -0.505 e. The van der Waals surface area contributed by atoms with Crippen LogP contribution in [0.3, 0.4) is 0 Å². The van der Waals surface area contributed by atoms with Crippen molar-refractivity contribution in [3.8, 4) is 33.8 Å². The number of phenols is 1. The molecule has 7 rings (SSSR count). The largest absolute Gasteiger partial charge is 0.505 e. The number of nitrogens with zero attached hydrogens (tertiary/aromatic N) is 4. The Morgan fingerprint density at radius 3 is 1.56 bits per heavy atom. The number of aromatic hydroxyl groups is 1. The van der Waals surface area contributed by atoms with Crippen LogP contribution in [0.2, 0.25) is 10.3 Å². The average Bonchev–Trinajstić information content (AvgIpc) is 3.70. The molecule has 0 amide bonds. The Morgan fingerprint density at radius 1 is 0.622 bits per heavy atom. The lowest BCUT2D eigenvalue weighted by molar-refractivity contribution is 0.200. The number of aromatic nitrogens is 4. The molecule has 4 aromatic rings. The molecule has 8 nitrogen and oxygen atoms in total. The minimum absolute atomic E-state index is 0.00111. The van der Waals surface area contributed by atoms with Crippen LogP contribution < -0.4 is 15.9 Å². The van der Waals surface area contributed by atoms with Crippen molar-refractivity contribution in [2.45, 2.75) is 83.6 Å². The molecule has 0 spiro atoms. The first kappa shape index (κ1) is 31.3. The van der Waals surface area contributed by atoms with Gasteiger partial charge in [-0.1, -0.05) is 23.2 Å². The fourth-order valence-corrected chi connectivity index (χ4v) is 6.95. The molecule has 4 heterocycles. The highest BCUT2D eigenvalue weighted by atomic mass is 35.5. The summed E-state index contributed by atoms with van der Waals surface area (Å²) in [6, 6.07) is 3.48. The van der Waals surface area contributed by atoms with Crippen LogP contribution in [0, 0.1) is 23.3 Å². The molecular formula is C31H30Cl2F4N4O4. The van der Waals surface area contributed by atoms with Crippen molar-refractivity contribution in [3.63, 3.8) is 0 Å². The molecule has 45 heavy (non-hydrogen) atoms. The topological polar surface area (TPSA) is 83.3 Å². The van der Waals surface area contributed by atoms with Crippen molar-refractivity contribution < 1.29 is 27.4 Å². The van der Waals surface area contributed by atoms with E-state index in [1.807, 2.05) is 0 Å². The Bertz CT molecular complexity index is 1890. The standard InChI is InChI=1S/C18H19ClF2N2O2.C13H11ClF2N2O2/c19-17-16(18(24)23-8-4-3-7-22(17)23)12-9-15(14(21)10-13(12)20)25-11-5-1-2-6-11;14-12-11(7-5-10(19)9(16)6-8(7)15)13(20)18-4-2-1-3-17(12)18/h9-11H,1-8H2;5-6,19H,1-4H2. The third-order valence-electron chi connectivity index (χ3n) is 8.52. The summed E-state index contributed by atoms with van der Waals surface area (Å²) < 4.78 is 67.5. The maximum Gasteiger partial charge on any atom is 0.276 e. The zero-order chi connectivity index (χ0) is 32.0. The molecule has 2 aromatic carbocycles. The van der Waals surface area contributed by atoms with Crippen molar-refractivity contribution >= 4 is 23.2 Å². The van der Waals surface area contributed by atoms with Crippen molar-refractivity contribution in [2.75, 3.05) is 0 Å². The maximum atomic E-state index is 14.4. The minimum atomic E-state index is -1.08. The van der Waals surface area contributed by atoms with Gasteiger partial charge < -0.3 is 9.84 Å². The van der Waals surface area contributed by atoms with Crippen LogP contribution in [0.1, 0.15) is 51.4 Å². The number of hydrogen-bond donors (Lipinski definition) is 1. The highest BCUT2D eigenvalue weighted by Gasteiger charge is 2.27. The summed E-state index contributed by atoms with van der Waals surface area (Å²) in [5, 5.41) is 9.68. The van der Waals surface area contributed by atoms with Crippen LogP contribution in [0.5, 0.6) is 11.5 Å². The number of phenolic OH excluding ortho intramolecular Hbond substituents is 1. The molecule has 2 aliphatic heterocycles. The van der Waals surface area contributed by atoms with Crippen LogP contribution >= 0.6 is 23.2 Å². The third kappa shape index (κ3) is 5.78. The zero-order valence-corrected chi connectivity index (χ0v) is 25.6. The highest BCUT2D eigenvalue weighted by molar-refractivity contribution is 6.32. The Hall–Kier alpha value is -3.64. The van der Waals surface area contributed by atoms with E-state index in [1.54, 1.807) is 9.36 Å². The summed E-state index contributed by atoms with van der Waals surface area (Å²) in [6.45, 7) is 2.24. The number of ether oxygens (including phenoxy) is 1. The Labute approximate surface area is 264 Å². The molecular weight excluding hydrogens is 639 g/mol. The predicted octanol–water partition coefficient (Wildman–Crippen LogP) is 7.11. The summed E-state index contributed by atoms with van der Waals surface area (Å²) in [5.41, 5.74) is -0.924. The normalized spacial score (nSPS) is 16.2. The fourth-order valence-electron chi connectivity index (χ4n) is 6.23. The molecule has 1 aliphatic carbocycles. The Kier molecular flexibility index (Phi) is 8.80. The van der Waals surface area contributed by atoms with Gasteiger partial charge in [-0.05, 0) is 63.5 Å². The number of halogens is 6. The van der Waals surface area contributed by atoms with E-state index in [1.165, 1.54) is 15.4 Å². The lowest BCUT2D eigenvalue weighted by atomic mass is 10.1. The van der Waals surface area contributed by atoms with E-state index in [0.717, 1.165) is 63.5 Å². The van der Waals surface area contributed by atoms with Crippen LogP contribution in [0.25, 0.3) is 22.3 Å². The second kappa shape index (κ2) is 12.6. The van der Waals surface area contributed by atoms with E-state index in [9.17, 15) is 32.3 Å². The van der Waals surface area contributed by atoms with Crippen LogP contribution in [-0.4, -0.2) is 29.9 Å². The summed E-state index contributed by atoms with van der Waals surface area (Å²) in [4.78, 5) is 25.0. The van der Waals surface area contributed by atoms with E-state index in [0.29, 0.717) is 32.2 Å². The highest BCUT2D eigenvalue weighted by Crippen LogP contribution is 2.35. The van der Waals surface area contributed by atoms with Gasteiger partial charge in [0.2, 0.25) is 0 Å².